The number of aliphatic hydroxyl groups excluding tert-OH is 2. The van der Waals surface area contributed by atoms with Crippen molar-refractivity contribution in [3.8, 4) is 0 Å². The van der Waals surface area contributed by atoms with Gasteiger partial charge in [-0.05, 0) is 18.9 Å². The average molecular weight is 292 g/mol. The van der Waals surface area contributed by atoms with E-state index in [2.05, 4.69) is 6.92 Å². The van der Waals surface area contributed by atoms with Gasteiger partial charge in [0, 0.05) is 12.0 Å². The van der Waals surface area contributed by atoms with Gasteiger partial charge >= 0.3 is 0 Å². The Kier molecular flexibility index (Phi) is 8.24. The minimum Gasteiger partial charge on any atom is -0.390 e. The highest BCUT2D eigenvalue weighted by Gasteiger charge is 2.16. The van der Waals surface area contributed by atoms with E-state index in [-0.39, 0.29) is 5.78 Å². The third kappa shape index (κ3) is 6.87. The first-order valence-corrected chi connectivity index (χ1v) is 8.00. The third-order valence-electron chi connectivity index (χ3n) is 3.85. The number of ketones is 1. The fourth-order valence-corrected chi connectivity index (χ4v) is 2.40. The van der Waals surface area contributed by atoms with Crippen LogP contribution in [0.3, 0.4) is 0 Å². The molecule has 0 aliphatic carbocycles. The highest BCUT2D eigenvalue weighted by atomic mass is 16.3. The van der Waals surface area contributed by atoms with Crippen molar-refractivity contribution in [3.05, 3.63) is 35.4 Å². The van der Waals surface area contributed by atoms with Gasteiger partial charge < -0.3 is 10.2 Å². The normalized spacial score (nSPS) is 13.9. The van der Waals surface area contributed by atoms with E-state index >= 15 is 0 Å². The summed E-state index contributed by atoms with van der Waals surface area (Å²) in [5, 5.41) is 20.0. The Morgan fingerprint density at radius 2 is 1.62 bits per heavy atom. The minimum absolute atomic E-state index is 0.0363. The number of Topliss-reactive ketones (excluding diaryl/α,β-unsaturated/α-hetero) is 1. The highest BCUT2D eigenvalue weighted by molar-refractivity contribution is 5.93. The summed E-state index contributed by atoms with van der Waals surface area (Å²) in [7, 11) is 0. The van der Waals surface area contributed by atoms with Crippen LogP contribution in [0.2, 0.25) is 0 Å². The summed E-state index contributed by atoms with van der Waals surface area (Å²) < 4.78 is 0. The maximum absolute atomic E-state index is 11.2. The number of benzene rings is 1. The van der Waals surface area contributed by atoms with Gasteiger partial charge in [-0.2, -0.15) is 0 Å². The van der Waals surface area contributed by atoms with E-state index in [9.17, 15) is 15.0 Å². The van der Waals surface area contributed by atoms with Crippen LogP contribution < -0.4 is 0 Å². The van der Waals surface area contributed by atoms with Gasteiger partial charge in [0.05, 0.1) is 12.2 Å². The quantitative estimate of drug-likeness (QED) is 0.512. The zero-order chi connectivity index (χ0) is 15.7. The molecule has 0 saturated carbocycles. The van der Waals surface area contributed by atoms with Crippen LogP contribution in [0, 0.1) is 0 Å². The van der Waals surface area contributed by atoms with Crippen LogP contribution in [-0.4, -0.2) is 28.2 Å². The molecule has 0 aliphatic rings. The fourth-order valence-electron chi connectivity index (χ4n) is 2.40. The molecule has 0 aromatic heterocycles. The summed E-state index contributed by atoms with van der Waals surface area (Å²) >= 11 is 0. The zero-order valence-electron chi connectivity index (χ0n) is 13.2. The SMILES string of the molecule is CCCCCCC[C@@H](O)[C@H](O)Cc1ccc(C(C)=O)cc1. The van der Waals surface area contributed by atoms with Gasteiger partial charge in [-0.15, -0.1) is 0 Å². The van der Waals surface area contributed by atoms with Crippen LogP contribution in [0.5, 0.6) is 0 Å². The Bertz CT molecular complexity index is 411. The molecule has 0 fully saturated rings. The first-order valence-electron chi connectivity index (χ1n) is 8.00. The molecule has 0 bridgehead atoms. The smallest absolute Gasteiger partial charge is 0.159 e. The minimum atomic E-state index is -0.737. The molecule has 3 heteroatoms. The average Bonchev–Trinajstić information content (AvgIpc) is 2.47. The number of hydrogen-bond acceptors (Lipinski definition) is 3. The molecule has 2 atom stereocenters. The van der Waals surface area contributed by atoms with Crippen molar-refractivity contribution in [2.75, 3.05) is 0 Å². The molecule has 0 saturated heterocycles. The van der Waals surface area contributed by atoms with Gasteiger partial charge in [0.1, 0.15) is 0 Å². The maximum Gasteiger partial charge on any atom is 0.159 e. The summed E-state index contributed by atoms with van der Waals surface area (Å²) in [6.45, 7) is 3.71. The van der Waals surface area contributed by atoms with Crippen LogP contribution >= 0.6 is 0 Å². The van der Waals surface area contributed by atoms with Crippen molar-refractivity contribution in [2.24, 2.45) is 0 Å². The lowest BCUT2D eigenvalue weighted by Gasteiger charge is -2.18. The van der Waals surface area contributed by atoms with E-state index in [1.807, 2.05) is 12.1 Å². The van der Waals surface area contributed by atoms with Crippen molar-refractivity contribution in [3.63, 3.8) is 0 Å². The first-order chi connectivity index (χ1) is 10.0. The number of carbonyl (C=O) groups excluding carboxylic acids is 1. The molecule has 1 aromatic rings. The number of aliphatic hydroxyl groups is 2. The standard InChI is InChI=1S/C18H28O3/c1-3-4-5-6-7-8-17(20)18(21)13-15-9-11-16(12-10-15)14(2)19/h9-12,17-18,20-21H,3-8,13H2,1-2H3/t17-,18-/m1/s1. The lowest BCUT2D eigenvalue weighted by Crippen LogP contribution is -2.27. The molecule has 21 heavy (non-hydrogen) atoms. The fraction of sp³-hybridized carbons (Fsp3) is 0.611. The predicted molar refractivity (Wildman–Crippen MR) is 85.5 cm³/mol. The largest absolute Gasteiger partial charge is 0.390 e. The lowest BCUT2D eigenvalue weighted by molar-refractivity contribution is 0.0137. The second-order valence-corrected chi connectivity index (χ2v) is 5.79. The molecule has 1 aromatic carbocycles. The summed E-state index contributed by atoms with van der Waals surface area (Å²) in [5.41, 5.74) is 1.61. The molecule has 0 heterocycles. The molecule has 0 radical (unpaired) electrons. The Morgan fingerprint density at radius 3 is 2.19 bits per heavy atom. The molecule has 0 aliphatic heterocycles. The second-order valence-electron chi connectivity index (χ2n) is 5.79. The summed E-state index contributed by atoms with van der Waals surface area (Å²) in [6.07, 6.45) is 5.39. The van der Waals surface area contributed by atoms with Crippen molar-refractivity contribution in [1.82, 2.24) is 0 Å². The van der Waals surface area contributed by atoms with Gasteiger partial charge in [-0.1, -0.05) is 63.3 Å². The monoisotopic (exact) mass is 292 g/mol. The van der Waals surface area contributed by atoms with Gasteiger partial charge in [0.2, 0.25) is 0 Å². The van der Waals surface area contributed by atoms with Crippen LogP contribution in [0.15, 0.2) is 24.3 Å². The van der Waals surface area contributed by atoms with Crippen molar-refractivity contribution in [2.45, 2.75) is 71.0 Å². The number of rotatable bonds is 10. The molecule has 1 rings (SSSR count). The number of unbranched alkanes of at least 4 members (excludes halogenated alkanes) is 4. The van der Waals surface area contributed by atoms with Crippen LogP contribution in [0.4, 0.5) is 0 Å². The summed E-state index contributed by atoms with van der Waals surface area (Å²) in [4.78, 5) is 11.2. The van der Waals surface area contributed by atoms with Gasteiger partial charge in [0.25, 0.3) is 0 Å². The van der Waals surface area contributed by atoms with E-state index in [0.717, 1.165) is 18.4 Å². The molecule has 0 spiro atoms. The zero-order valence-corrected chi connectivity index (χ0v) is 13.2. The molecule has 0 unspecified atom stereocenters. The van der Waals surface area contributed by atoms with E-state index in [4.69, 9.17) is 0 Å². The van der Waals surface area contributed by atoms with Crippen molar-refractivity contribution in [1.29, 1.82) is 0 Å². The molecule has 118 valence electrons. The summed E-state index contributed by atoms with van der Waals surface area (Å²) in [6, 6.07) is 7.21. The molecule has 3 nitrogen and oxygen atoms in total. The second kappa shape index (κ2) is 9.69. The molecule has 0 amide bonds. The van der Waals surface area contributed by atoms with Gasteiger partial charge in [0.15, 0.2) is 5.78 Å². The predicted octanol–water partition coefficient (Wildman–Crippen LogP) is 3.51. The Balaban J connectivity index is 2.34. The van der Waals surface area contributed by atoms with Crippen molar-refractivity contribution >= 4 is 5.78 Å². The molecule has 2 N–H and O–H groups in total. The van der Waals surface area contributed by atoms with Crippen LogP contribution in [-0.2, 0) is 6.42 Å². The van der Waals surface area contributed by atoms with Gasteiger partial charge in [-0.25, -0.2) is 0 Å². The molecular weight excluding hydrogens is 264 g/mol. The Labute approximate surface area is 128 Å². The van der Waals surface area contributed by atoms with E-state index in [1.165, 1.54) is 26.2 Å². The Hall–Kier alpha value is -1.19. The van der Waals surface area contributed by atoms with Crippen LogP contribution in [0.1, 0.15) is 68.3 Å². The third-order valence-corrected chi connectivity index (χ3v) is 3.85. The van der Waals surface area contributed by atoms with E-state index in [1.54, 1.807) is 12.1 Å². The topological polar surface area (TPSA) is 57.5 Å². The highest BCUT2D eigenvalue weighted by Crippen LogP contribution is 2.14. The number of carbonyl (C=O) groups is 1. The number of hydrogen-bond donors (Lipinski definition) is 2. The van der Waals surface area contributed by atoms with E-state index in [0.29, 0.717) is 18.4 Å². The lowest BCUT2D eigenvalue weighted by atomic mass is 9.98. The first kappa shape index (κ1) is 17.9. The molecular formula is C18H28O3. The Morgan fingerprint density at radius 1 is 1.00 bits per heavy atom. The van der Waals surface area contributed by atoms with E-state index < -0.39 is 12.2 Å². The van der Waals surface area contributed by atoms with Crippen LogP contribution in [0.25, 0.3) is 0 Å². The maximum atomic E-state index is 11.2. The van der Waals surface area contributed by atoms with Crippen molar-refractivity contribution < 1.29 is 15.0 Å². The van der Waals surface area contributed by atoms with Gasteiger partial charge in [-0.3, -0.25) is 4.79 Å². The summed E-state index contributed by atoms with van der Waals surface area (Å²) in [5.74, 6) is 0.0363.